The molecule has 0 amide bonds. The zero-order valence-corrected chi connectivity index (χ0v) is 13.9. The summed E-state index contributed by atoms with van der Waals surface area (Å²) in [6, 6.07) is 13.5. The molecule has 4 heteroatoms. The Morgan fingerprint density at radius 1 is 1.17 bits per heavy atom. The van der Waals surface area contributed by atoms with Crippen molar-refractivity contribution in [1.82, 2.24) is 4.98 Å². The number of furan rings is 1. The third kappa shape index (κ3) is 2.03. The van der Waals surface area contributed by atoms with E-state index in [4.69, 9.17) is 9.15 Å². The lowest BCUT2D eigenvalue weighted by Gasteiger charge is -2.25. The Labute approximate surface area is 139 Å². The SMILES string of the molecule is COc1cc(C)c2[nH]ccc2c1C(C)(O)c1cc2ccccc2o1. The second-order valence-corrected chi connectivity index (χ2v) is 6.26. The minimum Gasteiger partial charge on any atom is -0.496 e. The smallest absolute Gasteiger partial charge is 0.148 e. The van der Waals surface area contributed by atoms with Gasteiger partial charge in [0.05, 0.1) is 7.11 Å². The van der Waals surface area contributed by atoms with Gasteiger partial charge in [-0.15, -0.1) is 0 Å². The summed E-state index contributed by atoms with van der Waals surface area (Å²) >= 11 is 0. The van der Waals surface area contributed by atoms with Gasteiger partial charge in [-0.3, -0.25) is 0 Å². The molecule has 0 fully saturated rings. The lowest BCUT2D eigenvalue weighted by molar-refractivity contribution is 0.0774. The number of H-pyrrole nitrogens is 1. The van der Waals surface area contributed by atoms with Gasteiger partial charge >= 0.3 is 0 Å². The van der Waals surface area contributed by atoms with Crippen molar-refractivity contribution in [2.75, 3.05) is 7.11 Å². The number of aromatic amines is 1. The predicted octanol–water partition coefficient (Wildman–Crippen LogP) is 4.49. The molecule has 0 radical (unpaired) electrons. The summed E-state index contributed by atoms with van der Waals surface area (Å²) in [6.45, 7) is 3.76. The summed E-state index contributed by atoms with van der Waals surface area (Å²) < 4.78 is 11.5. The first-order chi connectivity index (χ1) is 11.5. The zero-order chi connectivity index (χ0) is 16.9. The van der Waals surface area contributed by atoms with Crippen molar-refractivity contribution in [1.29, 1.82) is 0 Å². The Morgan fingerprint density at radius 2 is 1.96 bits per heavy atom. The molecule has 0 aliphatic rings. The van der Waals surface area contributed by atoms with E-state index in [1.165, 1.54) is 0 Å². The molecule has 0 aliphatic heterocycles. The molecule has 24 heavy (non-hydrogen) atoms. The Morgan fingerprint density at radius 3 is 2.71 bits per heavy atom. The highest BCUT2D eigenvalue weighted by Crippen LogP contribution is 2.42. The zero-order valence-electron chi connectivity index (χ0n) is 13.9. The Balaban J connectivity index is 2.01. The highest BCUT2D eigenvalue weighted by atomic mass is 16.5. The molecule has 4 rings (SSSR count). The summed E-state index contributed by atoms with van der Waals surface area (Å²) in [5.74, 6) is 1.14. The van der Waals surface area contributed by atoms with Gasteiger partial charge in [0.25, 0.3) is 0 Å². The number of rotatable bonds is 3. The van der Waals surface area contributed by atoms with Crippen LogP contribution in [0.5, 0.6) is 5.75 Å². The van der Waals surface area contributed by atoms with Crippen molar-refractivity contribution in [3.05, 3.63) is 65.5 Å². The first-order valence-corrected chi connectivity index (χ1v) is 7.89. The van der Waals surface area contributed by atoms with Gasteiger partial charge in [-0.25, -0.2) is 0 Å². The summed E-state index contributed by atoms with van der Waals surface area (Å²) in [4.78, 5) is 3.23. The summed E-state index contributed by atoms with van der Waals surface area (Å²) in [7, 11) is 1.62. The van der Waals surface area contributed by atoms with E-state index >= 15 is 0 Å². The highest BCUT2D eigenvalue weighted by molar-refractivity contribution is 5.89. The normalized spacial score (nSPS) is 14.2. The van der Waals surface area contributed by atoms with E-state index in [0.29, 0.717) is 17.1 Å². The molecule has 0 aliphatic carbocycles. The van der Waals surface area contributed by atoms with Crippen LogP contribution in [0.4, 0.5) is 0 Å². The van der Waals surface area contributed by atoms with Gasteiger partial charge in [0.15, 0.2) is 0 Å². The van der Waals surface area contributed by atoms with Crippen LogP contribution in [0.1, 0.15) is 23.8 Å². The van der Waals surface area contributed by atoms with E-state index < -0.39 is 5.60 Å². The summed E-state index contributed by atoms with van der Waals surface area (Å²) in [5.41, 5.74) is 2.19. The Bertz CT molecular complexity index is 1010. The largest absolute Gasteiger partial charge is 0.496 e. The van der Waals surface area contributed by atoms with Gasteiger partial charge in [-0.2, -0.15) is 0 Å². The number of aromatic nitrogens is 1. The predicted molar refractivity (Wildman–Crippen MR) is 94.5 cm³/mol. The van der Waals surface area contributed by atoms with Crippen LogP contribution in [0.3, 0.4) is 0 Å². The van der Waals surface area contributed by atoms with Crippen LogP contribution in [0, 0.1) is 6.92 Å². The third-order valence-electron chi connectivity index (χ3n) is 4.62. The number of hydrogen-bond acceptors (Lipinski definition) is 3. The average Bonchev–Trinajstić information content (AvgIpc) is 3.21. The Kier molecular flexibility index (Phi) is 3.18. The maximum Gasteiger partial charge on any atom is 0.148 e. The van der Waals surface area contributed by atoms with Gasteiger partial charge in [0.1, 0.15) is 22.7 Å². The van der Waals surface area contributed by atoms with E-state index in [1.807, 2.05) is 55.6 Å². The molecule has 122 valence electrons. The van der Waals surface area contributed by atoms with Crippen molar-refractivity contribution >= 4 is 21.9 Å². The van der Waals surface area contributed by atoms with Crippen LogP contribution in [-0.2, 0) is 5.60 Å². The number of ether oxygens (including phenoxy) is 1. The molecule has 0 saturated carbocycles. The van der Waals surface area contributed by atoms with Crippen LogP contribution < -0.4 is 4.74 Å². The van der Waals surface area contributed by atoms with Crippen LogP contribution in [0.25, 0.3) is 21.9 Å². The number of aryl methyl sites for hydroxylation is 1. The summed E-state index contributed by atoms with van der Waals surface area (Å²) in [5, 5.41) is 13.3. The van der Waals surface area contributed by atoms with E-state index in [9.17, 15) is 5.11 Å². The molecule has 1 atom stereocenters. The molecule has 2 heterocycles. The monoisotopic (exact) mass is 321 g/mol. The lowest BCUT2D eigenvalue weighted by atomic mass is 9.88. The van der Waals surface area contributed by atoms with E-state index in [-0.39, 0.29) is 0 Å². The topological polar surface area (TPSA) is 58.4 Å². The number of aliphatic hydroxyl groups is 1. The molecule has 0 spiro atoms. The molecule has 0 saturated heterocycles. The van der Waals surface area contributed by atoms with Crippen molar-refractivity contribution in [2.24, 2.45) is 0 Å². The number of benzene rings is 2. The number of fused-ring (bicyclic) bond motifs is 2. The van der Waals surface area contributed by atoms with Gasteiger partial charge in [-0.05, 0) is 43.7 Å². The minimum atomic E-state index is -1.32. The molecule has 4 nitrogen and oxygen atoms in total. The maximum absolute atomic E-state index is 11.4. The second-order valence-electron chi connectivity index (χ2n) is 6.26. The number of para-hydroxylation sites is 1. The van der Waals surface area contributed by atoms with Crippen LogP contribution >= 0.6 is 0 Å². The van der Waals surface area contributed by atoms with Crippen molar-refractivity contribution in [3.8, 4) is 5.75 Å². The minimum absolute atomic E-state index is 0.494. The molecule has 4 aromatic rings. The van der Waals surface area contributed by atoms with Crippen LogP contribution in [-0.4, -0.2) is 17.2 Å². The maximum atomic E-state index is 11.4. The van der Waals surface area contributed by atoms with E-state index in [2.05, 4.69) is 4.98 Å². The van der Waals surface area contributed by atoms with Gasteiger partial charge < -0.3 is 19.2 Å². The molecule has 2 aromatic heterocycles. The molecule has 2 N–H and O–H groups in total. The lowest BCUT2D eigenvalue weighted by Crippen LogP contribution is -2.23. The van der Waals surface area contributed by atoms with Crippen LogP contribution in [0.2, 0.25) is 0 Å². The standard InChI is InChI=1S/C20H19NO3/c1-12-10-16(23-3)18(14-8-9-21-19(12)14)20(2,22)17-11-13-6-4-5-7-15(13)24-17/h4-11,21-22H,1-3H3. The molecule has 0 bridgehead atoms. The number of nitrogens with one attached hydrogen (secondary N) is 1. The first kappa shape index (κ1) is 14.8. The van der Waals surface area contributed by atoms with Gasteiger partial charge in [-0.1, -0.05) is 18.2 Å². The first-order valence-electron chi connectivity index (χ1n) is 7.89. The number of methoxy groups -OCH3 is 1. The fraction of sp³-hybridized carbons (Fsp3) is 0.200. The molecule has 2 aromatic carbocycles. The van der Waals surface area contributed by atoms with Crippen LogP contribution in [0.15, 0.2) is 53.1 Å². The fourth-order valence-electron chi connectivity index (χ4n) is 3.39. The quantitative estimate of drug-likeness (QED) is 0.584. The molecular weight excluding hydrogens is 302 g/mol. The summed E-state index contributed by atoms with van der Waals surface area (Å²) in [6.07, 6.45) is 1.87. The van der Waals surface area contributed by atoms with E-state index in [0.717, 1.165) is 27.4 Å². The third-order valence-corrected chi connectivity index (χ3v) is 4.62. The number of hydrogen-bond donors (Lipinski definition) is 2. The fourth-order valence-corrected chi connectivity index (χ4v) is 3.39. The van der Waals surface area contributed by atoms with E-state index in [1.54, 1.807) is 14.0 Å². The van der Waals surface area contributed by atoms with Crippen molar-refractivity contribution in [2.45, 2.75) is 19.4 Å². The Hall–Kier alpha value is -2.72. The highest BCUT2D eigenvalue weighted by Gasteiger charge is 2.35. The van der Waals surface area contributed by atoms with Crippen molar-refractivity contribution in [3.63, 3.8) is 0 Å². The van der Waals surface area contributed by atoms with Crippen molar-refractivity contribution < 1.29 is 14.3 Å². The molecule has 1 unspecified atom stereocenters. The molecular formula is C20H19NO3. The average molecular weight is 321 g/mol. The second kappa shape index (κ2) is 5.14. The van der Waals surface area contributed by atoms with Gasteiger partial charge in [0, 0.05) is 28.0 Å². The van der Waals surface area contributed by atoms with Gasteiger partial charge in [0.2, 0.25) is 0 Å².